The fraction of sp³-hybridized carbons (Fsp3) is 0.310. The molecule has 3 aromatic rings. The van der Waals surface area contributed by atoms with E-state index in [2.05, 4.69) is 12.1 Å². The number of rotatable bonds is 8. The van der Waals surface area contributed by atoms with Crippen LogP contribution in [0.15, 0.2) is 84.9 Å². The summed E-state index contributed by atoms with van der Waals surface area (Å²) >= 11 is 0. The minimum Gasteiger partial charge on any atom is -0.493 e. The predicted octanol–water partition coefficient (Wildman–Crippen LogP) is 4.57. The second kappa shape index (κ2) is 10.1. The van der Waals surface area contributed by atoms with Crippen LogP contribution in [-0.2, 0) is 17.8 Å². The van der Waals surface area contributed by atoms with Crippen molar-refractivity contribution in [2.24, 2.45) is 5.92 Å². The molecule has 0 aromatic heterocycles. The van der Waals surface area contributed by atoms with E-state index >= 15 is 0 Å². The summed E-state index contributed by atoms with van der Waals surface area (Å²) in [4.78, 5) is 30.2. The maximum Gasteiger partial charge on any atom is 0.254 e. The monoisotopic (exact) mass is 454 g/mol. The van der Waals surface area contributed by atoms with Crippen molar-refractivity contribution in [1.29, 1.82) is 0 Å². The Hall–Kier alpha value is -3.60. The largest absolute Gasteiger partial charge is 0.493 e. The number of carbonyl (C=O) groups excluding carboxylic acids is 2. The van der Waals surface area contributed by atoms with Crippen molar-refractivity contribution in [1.82, 2.24) is 9.80 Å². The van der Waals surface area contributed by atoms with Crippen LogP contribution in [0.2, 0.25) is 0 Å². The Labute approximate surface area is 201 Å². The molecular weight excluding hydrogens is 424 g/mol. The van der Waals surface area contributed by atoms with Crippen molar-refractivity contribution < 1.29 is 14.3 Å². The summed E-state index contributed by atoms with van der Waals surface area (Å²) in [6.07, 6.45) is 3.19. The third-order valence-electron chi connectivity index (χ3n) is 6.60. The van der Waals surface area contributed by atoms with Crippen LogP contribution in [0.5, 0.6) is 5.75 Å². The van der Waals surface area contributed by atoms with Crippen LogP contribution in [0.1, 0.15) is 34.3 Å². The molecule has 0 unspecified atom stereocenters. The smallest absolute Gasteiger partial charge is 0.254 e. The molecule has 0 radical (unpaired) electrons. The summed E-state index contributed by atoms with van der Waals surface area (Å²) in [5.41, 5.74) is 2.84. The number of ether oxygens (including phenoxy) is 1. The normalized spacial score (nSPS) is 18.1. The molecule has 0 bridgehead atoms. The Balaban J connectivity index is 1.31. The van der Waals surface area contributed by atoms with Crippen LogP contribution in [0.4, 0.5) is 0 Å². The summed E-state index contributed by atoms with van der Waals surface area (Å²) in [5.74, 6) is 1.34. The lowest BCUT2D eigenvalue weighted by Gasteiger charge is -2.41. The molecule has 2 amide bonds. The van der Waals surface area contributed by atoms with Crippen LogP contribution in [0.25, 0.3) is 0 Å². The third-order valence-corrected chi connectivity index (χ3v) is 6.60. The zero-order valence-electron chi connectivity index (χ0n) is 19.3. The molecule has 174 valence electrons. The molecule has 34 heavy (non-hydrogen) atoms. The molecule has 1 atom stereocenters. The number of hydrogen-bond acceptors (Lipinski definition) is 3. The van der Waals surface area contributed by atoms with E-state index in [-0.39, 0.29) is 24.4 Å². The molecule has 1 aliphatic carbocycles. The molecule has 0 N–H and O–H groups in total. The van der Waals surface area contributed by atoms with Gasteiger partial charge in [0.05, 0.1) is 12.6 Å². The highest BCUT2D eigenvalue weighted by atomic mass is 16.5. The summed E-state index contributed by atoms with van der Waals surface area (Å²) in [6, 6.07) is 27.4. The third kappa shape index (κ3) is 5.48. The average Bonchev–Trinajstić information content (AvgIpc) is 3.70. The standard InChI is InChI=1S/C29H30N2O3/c32-28-20-30(29(33)25-13-15-27(16-14-25)34-21-24-11-12-24)19-26(17-22-7-3-1-4-8-22)31(28)18-23-9-5-2-6-10-23/h1-10,13-16,24,26H,11-12,17-21H2/t26-/m0/s1. The summed E-state index contributed by atoms with van der Waals surface area (Å²) < 4.78 is 5.80. The van der Waals surface area contributed by atoms with Gasteiger partial charge in [0.15, 0.2) is 0 Å². The van der Waals surface area contributed by atoms with Gasteiger partial charge < -0.3 is 14.5 Å². The summed E-state index contributed by atoms with van der Waals surface area (Å²) in [5, 5.41) is 0. The van der Waals surface area contributed by atoms with Gasteiger partial charge in [-0.1, -0.05) is 60.7 Å². The Morgan fingerprint density at radius 2 is 1.50 bits per heavy atom. The number of amides is 2. The van der Waals surface area contributed by atoms with Gasteiger partial charge in [-0.05, 0) is 60.6 Å². The van der Waals surface area contributed by atoms with Crippen LogP contribution in [0, 0.1) is 5.92 Å². The molecule has 5 heteroatoms. The molecule has 2 fully saturated rings. The lowest BCUT2D eigenvalue weighted by molar-refractivity contribution is -0.139. The molecule has 1 heterocycles. The Morgan fingerprint density at radius 3 is 2.15 bits per heavy atom. The molecule has 3 aromatic carbocycles. The zero-order chi connectivity index (χ0) is 23.3. The number of hydrogen-bond donors (Lipinski definition) is 0. The summed E-state index contributed by atoms with van der Waals surface area (Å²) in [7, 11) is 0. The molecule has 1 saturated carbocycles. The first-order valence-electron chi connectivity index (χ1n) is 12.0. The van der Waals surface area contributed by atoms with Crippen molar-refractivity contribution in [2.75, 3.05) is 19.7 Å². The van der Waals surface area contributed by atoms with Gasteiger partial charge in [0.2, 0.25) is 5.91 Å². The Kier molecular flexibility index (Phi) is 6.61. The second-order valence-corrected chi connectivity index (χ2v) is 9.32. The topological polar surface area (TPSA) is 49.9 Å². The fourth-order valence-electron chi connectivity index (χ4n) is 4.46. The molecule has 1 aliphatic heterocycles. The van der Waals surface area contributed by atoms with Crippen LogP contribution in [-0.4, -0.2) is 47.4 Å². The first-order valence-corrected chi connectivity index (χ1v) is 12.0. The SMILES string of the molecule is O=C(c1ccc(OCC2CC2)cc1)N1CC(=O)N(Cc2ccccc2)[C@@H](Cc2ccccc2)C1. The highest BCUT2D eigenvalue weighted by Gasteiger charge is 2.35. The molecular formula is C29H30N2O3. The Bertz CT molecular complexity index is 1110. The number of benzene rings is 3. The quantitative estimate of drug-likeness (QED) is 0.501. The first-order chi connectivity index (χ1) is 16.7. The van der Waals surface area contributed by atoms with E-state index in [1.807, 2.05) is 65.6 Å². The van der Waals surface area contributed by atoms with Gasteiger partial charge in [-0.2, -0.15) is 0 Å². The van der Waals surface area contributed by atoms with E-state index in [0.717, 1.165) is 23.5 Å². The number of piperazine rings is 1. The molecule has 1 saturated heterocycles. The molecule has 5 nitrogen and oxygen atoms in total. The maximum absolute atomic E-state index is 13.3. The Morgan fingerprint density at radius 1 is 0.853 bits per heavy atom. The van der Waals surface area contributed by atoms with E-state index in [4.69, 9.17) is 4.74 Å². The molecule has 0 spiro atoms. The van der Waals surface area contributed by atoms with Crippen molar-refractivity contribution in [3.63, 3.8) is 0 Å². The van der Waals surface area contributed by atoms with Crippen molar-refractivity contribution >= 4 is 11.8 Å². The van der Waals surface area contributed by atoms with Gasteiger partial charge in [0.25, 0.3) is 5.91 Å². The van der Waals surface area contributed by atoms with E-state index in [1.165, 1.54) is 12.8 Å². The lowest BCUT2D eigenvalue weighted by Crippen LogP contribution is -2.58. The highest BCUT2D eigenvalue weighted by molar-refractivity contribution is 5.97. The van der Waals surface area contributed by atoms with E-state index < -0.39 is 0 Å². The molecule has 2 aliphatic rings. The van der Waals surface area contributed by atoms with Crippen LogP contribution >= 0.6 is 0 Å². The number of nitrogens with zero attached hydrogens (tertiary/aromatic N) is 2. The van der Waals surface area contributed by atoms with Crippen molar-refractivity contribution in [2.45, 2.75) is 31.8 Å². The van der Waals surface area contributed by atoms with E-state index in [0.29, 0.717) is 31.0 Å². The van der Waals surface area contributed by atoms with Crippen LogP contribution in [0.3, 0.4) is 0 Å². The maximum atomic E-state index is 13.3. The minimum atomic E-state index is -0.112. The van der Waals surface area contributed by atoms with Crippen molar-refractivity contribution in [3.05, 3.63) is 102 Å². The first kappa shape index (κ1) is 22.2. The lowest BCUT2D eigenvalue weighted by atomic mass is 10.00. The number of carbonyl (C=O) groups is 2. The van der Waals surface area contributed by atoms with E-state index in [9.17, 15) is 9.59 Å². The zero-order valence-corrected chi connectivity index (χ0v) is 19.3. The predicted molar refractivity (Wildman–Crippen MR) is 131 cm³/mol. The fourth-order valence-corrected chi connectivity index (χ4v) is 4.46. The van der Waals surface area contributed by atoms with Gasteiger partial charge in [-0.3, -0.25) is 9.59 Å². The van der Waals surface area contributed by atoms with Crippen molar-refractivity contribution in [3.8, 4) is 5.75 Å². The average molecular weight is 455 g/mol. The second-order valence-electron chi connectivity index (χ2n) is 9.32. The highest BCUT2D eigenvalue weighted by Crippen LogP contribution is 2.29. The van der Waals surface area contributed by atoms with Gasteiger partial charge >= 0.3 is 0 Å². The summed E-state index contributed by atoms with van der Waals surface area (Å²) in [6.45, 7) is 1.89. The van der Waals surface area contributed by atoms with Gasteiger partial charge in [0, 0.05) is 18.7 Å². The molecule has 5 rings (SSSR count). The van der Waals surface area contributed by atoms with E-state index in [1.54, 1.807) is 17.0 Å². The van der Waals surface area contributed by atoms with Gasteiger partial charge in [-0.15, -0.1) is 0 Å². The van der Waals surface area contributed by atoms with Gasteiger partial charge in [-0.25, -0.2) is 0 Å². The van der Waals surface area contributed by atoms with Crippen LogP contribution < -0.4 is 4.74 Å². The minimum absolute atomic E-state index is 0.0197. The van der Waals surface area contributed by atoms with Gasteiger partial charge in [0.1, 0.15) is 12.3 Å².